The topological polar surface area (TPSA) is 91.8 Å². The highest BCUT2D eigenvalue weighted by Crippen LogP contribution is 2.28. The van der Waals surface area contributed by atoms with Gasteiger partial charge < -0.3 is 10.6 Å². The zero-order valence-corrected chi connectivity index (χ0v) is 17.7. The van der Waals surface area contributed by atoms with Gasteiger partial charge in [0.05, 0.1) is 5.39 Å². The number of aromatic nitrogens is 3. The van der Waals surface area contributed by atoms with Crippen molar-refractivity contribution in [2.24, 2.45) is 0 Å². The van der Waals surface area contributed by atoms with Crippen LogP contribution in [-0.4, -0.2) is 27.5 Å². The summed E-state index contributed by atoms with van der Waals surface area (Å²) in [7, 11) is 0. The number of benzene rings is 1. The van der Waals surface area contributed by atoms with Crippen LogP contribution in [0.1, 0.15) is 16.0 Å². The molecule has 0 aliphatic carbocycles. The molecule has 0 radical (unpaired) electrons. The minimum absolute atomic E-state index is 0.300. The van der Waals surface area contributed by atoms with Crippen molar-refractivity contribution < 1.29 is 4.79 Å². The number of rotatable bonds is 6. The summed E-state index contributed by atoms with van der Waals surface area (Å²) in [4.78, 5) is 27.2. The van der Waals surface area contributed by atoms with Crippen LogP contribution >= 0.6 is 22.7 Å². The Kier molecular flexibility index (Phi) is 5.68. The highest BCUT2D eigenvalue weighted by Gasteiger charge is 2.10. The SMILES string of the molecule is Cc1cccc(NC(=O)Nc2ncc(CCNc3ncnc4scc(C)c34)s2)c1. The number of thiophene rings is 1. The first-order chi connectivity index (χ1) is 14.1. The fraction of sp³-hybridized carbons (Fsp3) is 0.200. The smallest absolute Gasteiger partial charge is 0.325 e. The molecule has 0 unspecified atom stereocenters. The number of fused-ring (bicyclic) bond motifs is 1. The molecular formula is C20H20N6OS2. The van der Waals surface area contributed by atoms with Crippen LogP contribution in [0.5, 0.6) is 0 Å². The number of anilines is 3. The van der Waals surface area contributed by atoms with Crippen molar-refractivity contribution in [3.8, 4) is 0 Å². The second-order valence-corrected chi connectivity index (χ2v) is 8.55. The zero-order chi connectivity index (χ0) is 20.2. The van der Waals surface area contributed by atoms with E-state index in [2.05, 4.69) is 43.2 Å². The number of hydrogen-bond donors (Lipinski definition) is 3. The van der Waals surface area contributed by atoms with E-state index >= 15 is 0 Å². The van der Waals surface area contributed by atoms with Crippen molar-refractivity contribution in [1.82, 2.24) is 15.0 Å². The Hall–Kier alpha value is -3.04. The van der Waals surface area contributed by atoms with Gasteiger partial charge in [0.2, 0.25) is 0 Å². The Morgan fingerprint density at radius 3 is 2.90 bits per heavy atom. The fourth-order valence-electron chi connectivity index (χ4n) is 2.92. The average Bonchev–Trinajstić information content (AvgIpc) is 3.29. The lowest BCUT2D eigenvalue weighted by Gasteiger charge is -2.06. The van der Waals surface area contributed by atoms with Crippen molar-refractivity contribution in [2.45, 2.75) is 20.3 Å². The van der Waals surface area contributed by atoms with Crippen LogP contribution < -0.4 is 16.0 Å². The molecule has 4 aromatic rings. The van der Waals surface area contributed by atoms with Gasteiger partial charge in [-0.2, -0.15) is 0 Å². The quantitative estimate of drug-likeness (QED) is 0.402. The molecule has 148 valence electrons. The Morgan fingerprint density at radius 1 is 1.14 bits per heavy atom. The molecule has 1 aromatic carbocycles. The lowest BCUT2D eigenvalue weighted by atomic mass is 10.2. The highest BCUT2D eigenvalue weighted by molar-refractivity contribution is 7.17. The fourth-order valence-corrected chi connectivity index (χ4v) is 4.62. The van der Waals surface area contributed by atoms with E-state index in [-0.39, 0.29) is 6.03 Å². The standard InChI is InChI=1S/C20H20N6OS2/c1-12-4-3-5-14(8-12)25-19(27)26-20-22-9-15(29-20)6-7-21-17-16-13(2)10-28-18(16)24-11-23-17/h3-5,8-11H,6-7H2,1-2H3,(H,21,23,24)(H2,22,25,26,27). The molecule has 0 aliphatic rings. The van der Waals surface area contributed by atoms with E-state index < -0.39 is 0 Å². The van der Waals surface area contributed by atoms with Crippen molar-refractivity contribution in [3.63, 3.8) is 0 Å². The van der Waals surface area contributed by atoms with Gasteiger partial charge in [-0.05, 0) is 42.5 Å². The van der Waals surface area contributed by atoms with Crippen LogP contribution in [0.2, 0.25) is 0 Å². The van der Waals surface area contributed by atoms with E-state index in [4.69, 9.17) is 0 Å². The minimum Gasteiger partial charge on any atom is -0.369 e. The number of carbonyl (C=O) groups is 1. The van der Waals surface area contributed by atoms with Crippen molar-refractivity contribution in [2.75, 3.05) is 22.5 Å². The summed E-state index contributed by atoms with van der Waals surface area (Å²) in [6.07, 6.45) is 4.16. The second-order valence-electron chi connectivity index (χ2n) is 6.58. The Labute approximate surface area is 176 Å². The second kappa shape index (κ2) is 8.54. The van der Waals surface area contributed by atoms with Crippen molar-refractivity contribution in [3.05, 3.63) is 58.2 Å². The van der Waals surface area contributed by atoms with Gasteiger partial charge in [-0.3, -0.25) is 5.32 Å². The molecule has 29 heavy (non-hydrogen) atoms. The van der Waals surface area contributed by atoms with E-state index in [9.17, 15) is 4.79 Å². The predicted molar refractivity (Wildman–Crippen MR) is 120 cm³/mol. The number of hydrogen-bond acceptors (Lipinski definition) is 7. The number of amides is 2. The van der Waals surface area contributed by atoms with Gasteiger partial charge in [-0.15, -0.1) is 22.7 Å². The molecule has 0 aliphatic heterocycles. The normalized spacial score (nSPS) is 10.8. The molecule has 3 aromatic heterocycles. The van der Waals surface area contributed by atoms with Crippen LogP contribution in [0.15, 0.2) is 42.2 Å². The summed E-state index contributed by atoms with van der Waals surface area (Å²) >= 11 is 3.09. The molecular weight excluding hydrogens is 404 g/mol. The summed E-state index contributed by atoms with van der Waals surface area (Å²) in [5, 5.41) is 12.7. The van der Waals surface area contributed by atoms with Gasteiger partial charge in [0, 0.05) is 29.7 Å². The Bertz CT molecular complexity index is 1150. The maximum absolute atomic E-state index is 12.2. The molecule has 0 bridgehead atoms. The Morgan fingerprint density at radius 2 is 2.03 bits per heavy atom. The summed E-state index contributed by atoms with van der Waals surface area (Å²) in [6.45, 7) is 4.77. The van der Waals surface area contributed by atoms with Gasteiger partial charge in [-0.1, -0.05) is 12.1 Å². The van der Waals surface area contributed by atoms with E-state index in [1.54, 1.807) is 23.9 Å². The largest absolute Gasteiger partial charge is 0.369 e. The van der Waals surface area contributed by atoms with Crippen LogP contribution in [0.25, 0.3) is 10.2 Å². The molecule has 0 saturated heterocycles. The first kappa shape index (κ1) is 19.3. The number of urea groups is 1. The molecule has 0 atom stereocenters. The predicted octanol–water partition coefficient (Wildman–Crippen LogP) is 5.06. The molecule has 4 rings (SSSR count). The van der Waals surface area contributed by atoms with Crippen molar-refractivity contribution in [1.29, 1.82) is 0 Å². The number of thiazole rings is 1. The molecule has 2 amide bonds. The molecule has 3 N–H and O–H groups in total. The van der Waals surface area contributed by atoms with Crippen LogP contribution in [-0.2, 0) is 6.42 Å². The lowest BCUT2D eigenvalue weighted by Crippen LogP contribution is -2.19. The van der Waals surface area contributed by atoms with E-state index in [0.717, 1.165) is 45.1 Å². The average molecular weight is 425 g/mol. The maximum Gasteiger partial charge on any atom is 0.325 e. The van der Waals surface area contributed by atoms with Crippen LogP contribution in [0, 0.1) is 13.8 Å². The number of aryl methyl sites for hydroxylation is 2. The molecule has 9 heteroatoms. The van der Waals surface area contributed by atoms with E-state index in [0.29, 0.717) is 5.13 Å². The third-order valence-electron chi connectivity index (χ3n) is 4.27. The minimum atomic E-state index is -0.300. The molecule has 0 saturated carbocycles. The first-order valence-electron chi connectivity index (χ1n) is 9.10. The molecule has 0 spiro atoms. The summed E-state index contributed by atoms with van der Waals surface area (Å²) in [6, 6.07) is 7.35. The van der Waals surface area contributed by atoms with E-state index in [1.807, 2.05) is 31.2 Å². The number of nitrogens with one attached hydrogen (secondary N) is 3. The van der Waals surface area contributed by atoms with Crippen LogP contribution in [0.3, 0.4) is 0 Å². The zero-order valence-electron chi connectivity index (χ0n) is 16.0. The first-order valence-corrected chi connectivity index (χ1v) is 10.8. The summed E-state index contributed by atoms with van der Waals surface area (Å²) in [5.74, 6) is 0.856. The van der Waals surface area contributed by atoms with Crippen molar-refractivity contribution >= 4 is 55.6 Å². The number of carbonyl (C=O) groups excluding carboxylic acids is 1. The monoisotopic (exact) mass is 424 g/mol. The molecule has 3 heterocycles. The van der Waals surface area contributed by atoms with Gasteiger partial charge in [0.25, 0.3) is 0 Å². The summed E-state index contributed by atoms with van der Waals surface area (Å²) in [5.41, 5.74) is 3.02. The van der Waals surface area contributed by atoms with Crippen LogP contribution in [0.4, 0.5) is 21.4 Å². The third kappa shape index (κ3) is 4.69. The van der Waals surface area contributed by atoms with Gasteiger partial charge in [0.1, 0.15) is 17.0 Å². The summed E-state index contributed by atoms with van der Waals surface area (Å²) < 4.78 is 0. The van der Waals surface area contributed by atoms with E-state index in [1.165, 1.54) is 16.9 Å². The lowest BCUT2D eigenvalue weighted by molar-refractivity contribution is 0.262. The van der Waals surface area contributed by atoms with Gasteiger partial charge in [-0.25, -0.2) is 19.7 Å². The Balaban J connectivity index is 1.31. The van der Waals surface area contributed by atoms with Gasteiger partial charge in [0.15, 0.2) is 5.13 Å². The highest BCUT2D eigenvalue weighted by atomic mass is 32.1. The third-order valence-corrected chi connectivity index (χ3v) is 6.24. The maximum atomic E-state index is 12.2. The number of nitrogens with zero attached hydrogens (tertiary/aromatic N) is 3. The molecule has 0 fully saturated rings. The van der Waals surface area contributed by atoms with Gasteiger partial charge >= 0.3 is 6.03 Å². The molecule has 7 nitrogen and oxygen atoms in total.